The zero-order chi connectivity index (χ0) is 14.9. The van der Waals surface area contributed by atoms with E-state index in [1.807, 2.05) is 18.2 Å². The lowest BCUT2D eigenvalue weighted by Gasteiger charge is -2.25. The molecule has 0 amide bonds. The average molecular weight is 288 g/mol. The first-order valence-corrected chi connectivity index (χ1v) is 7.35. The molecule has 0 atom stereocenters. The van der Waals surface area contributed by atoms with Gasteiger partial charge in [-0.25, -0.2) is 4.98 Å². The third kappa shape index (κ3) is 2.86. The second-order valence-corrected chi connectivity index (χ2v) is 6.02. The number of ether oxygens (including phenoxy) is 1. The minimum atomic E-state index is -0.713. The average Bonchev–Trinajstić information content (AvgIpc) is 3.03. The van der Waals surface area contributed by atoms with E-state index >= 15 is 0 Å². The summed E-state index contributed by atoms with van der Waals surface area (Å²) in [5.74, 6) is 0.954. The number of carbonyl (C=O) groups is 1. The van der Waals surface area contributed by atoms with Crippen LogP contribution in [0.4, 0.5) is 0 Å². The van der Waals surface area contributed by atoms with E-state index < -0.39 is 5.97 Å². The number of rotatable bonds is 5. The summed E-state index contributed by atoms with van der Waals surface area (Å²) >= 11 is 0. The number of imidazole rings is 1. The van der Waals surface area contributed by atoms with E-state index in [1.54, 1.807) is 7.11 Å². The minimum Gasteiger partial charge on any atom is -0.497 e. The number of nitrogens with zero attached hydrogens (tertiary/aromatic N) is 1. The van der Waals surface area contributed by atoms with Gasteiger partial charge in [-0.15, -0.1) is 0 Å². The van der Waals surface area contributed by atoms with Crippen molar-refractivity contribution < 1.29 is 14.6 Å². The summed E-state index contributed by atoms with van der Waals surface area (Å²) in [6, 6.07) is 5.73. The van der Waals surface area contributed by atoms with Gasteiger partial charge in [-0.1, -0.05) is 12.8 Å². The maximum atomic E-state index is 11.2. The molecule has 1 aromatic carbocycles. The fraction of sp³-hybridized carbons (Fsp3) is 0.500. The Morgan fingerprint density at radius 3 is 2.86 bits per heavy atom. The summed E-state index contributed by atoms with van der Waals surface area (Å²) < 4.78 is 5.21. The topological polar surface area (TPSA) is 75.2 Å². The molecule has 2 N–H and O–H groups in total. The van der Waals surface area contributed by atoms with E-state index in [1.165, 1.54) is 0 Å². The van der Waals surface area contributed by atoms with Gasteiger partial charge in [0.1, 0.15) is 11.6 Å². The van der Waals surface area contributed by atoms with Gasteiger partial charge in [0.25, 0.3) is 0 Å². The molecule has 1 heterocycles. The zero-order valence-electron chi connectivity index (χ0n) is 12.2. The van der Waals surface area contributed by atoms with E-state index in [-0.39, 0.29) is 11.8 Å². The van der Waals surface area contributed by atoms with Crippen LogP contribution in [0.5, 0.6) is 5.75 Å². The Morgan fingerprint density at radius 1 is 1.43 bits per heavy atom. The number of aromatic nitrogens is 2. The van der Waals surface area contributed by atoms with Crippen molar-refractivity contribution >= 4 is 17.0 Å². The summed E-state index contributed by atoms with van der Waals surface area (Å²) in [6.07, 6.45) is 5.10. The van der Waals surface area contributed by atoms with E-state index in [0.717, 1.165) is 48.3 Å². The maximum absolute atomic E-state index is 11.2. The van der Waals surface area contributed by atoms with Gasteiger partial charge in [-0.2, -0.15) is 0 Å². The van der Waals surface area contributed by atoms with Crippen LogP contribution in [0, 0.1) is 5.41 Å². The molecule has 0 radical (unpaired) electrons. The third-order valence-corrected chi connectivity index (χ3v) is 4.47. The number of aliphatic carboxylic acids is 1. The predicted octanol–water partition coefficient (Wildman–Crippen LogP) is 3.15. The van der Waals surface area contributed by atoms with Crippen LogP contribution >= 0.6 is 0 Å². The highest BCUT2D eigenvalue weighted by atomic mass is 16.5. The van der Waals surface area contributed by atoms with Crippen LogP contribution in [0.25, 0.3) is 11.0 Å². The zero-order valence-corrected chi connectivity index (χ0v) is 12.2. The van der Waals surface area contributed by atoms with Gasteiger partial charge in [0.05, 0.1) is 24.6 Å². The SMILES string of the molecule is COc1ccc2nc(CC3(CC(=O)O)CCCC3)[nH]c2c1. The van der Waals surface area contributed by atoms with Crippen molar-refractivity contribution in [3.8, 4) is 5.75 Å². The third-order valence-electron chi connectivity index (χ3n) is 4.47. The highest BCUT2D eigenvalue weighted by molar-refractivity contribution is 5.76. The van der Waals surface area contributed by atoms with E-state index in [9.17, 15) is 9.90 Å². The van der Waals surface area contributed by atoms with Crippen LogP contribution < -0.4 is 4.74 Å². The molecule has 1 aliphatic rings. The molecule has 0 spiro atoms. The number of benzene rings is 1. The van der Waals surface area contributed by atoms with Crippen LogP contribution in [0.15, 0.2) is 18.2 Å². The molecule has 1 saturated carbocycles. The van der Waals surface area contributed by atoms with Crippen molar-refractivity contribution in [1.82, 2.24) is 9.97 Å². The molecular formula is C16H20N2O3. The van der Waals surface area contributed by atoms with Gasteiger partial charge in [-0.05, 0) is 30.4 Å². The molecule has 0 bridgehead atoms. The Kier molecular flexibility index (Phi) is 3.57. The number of carboxylic acid groups (broad SMARTS) is 1. The lowest BCUT2D eigenvalue weighted by Crippen LogP contribution is -2.24. The highest BCUT2D eigenvalue weighted by Crippen LogP contribution is 2.43. The summed E-state index contributed by atoms with van der Waals surface area (Å²) in [5, 5.41) is 9.18. The predicted molar refractivity (Wildman–Crippen MR) is 79.5 cm³/mol. The smallest absolute Gasteiger partial charge is 0.303 e. The Bertz CT molecular complexity index is 657. The second-order valence-electron chi connectivity index (χ2n) is 6.02. The number of hydrogen-bond acceptors (Lipinski definition) is 3. The standard InChI is InChI=1S/C16H20N2O3/c1-21-11-4-5-12-13(8-11)18-14(17-12)9-16(10-15(19)20)6-2-3-7-16/h4-5,8H,2-3,6-7,9-10H2,1H3,(H,17,18)(H,19,20). The van der Waals surface area contributed by atoms with Crippen molar-refractivity contribution in [2.24, 2.45) is 5.41 Å². The molecule has 3 rings (SSSR count). The normalized spacial score (nSPS) is 17.2. The van der Waals surface area contributed by atoms with Crippen molar-refractivity contribution in [2.45, 2.75) is 38.5 Å². The van der Waals surface area contributed by atoms with Gasteiger partial charge in [-0.3, -0.25) is 4.79 Å². The Hall–Kier alpha value is -2.04. The minimum absolute atomic E-state index is 0.135. The van der Waals surface area contributed by atoms with Crippen molar-refractivity contribution in [3.05, 3.63) is 24.0 Å². The first kappa shape index (κ1) is 13.9. The molecule has 1 aliphatic carbocycles. The quantitative estimate of drug-likeness (QED) is 0.886. The summed E-state index contributed by atoms with van der Waals surface area (Å²) in [6.45, 7) is 0. The Labute approximate surface area is 123 Å². The van der Waals surface area contributed by atoms with Crippen molar-refractivity contribution in [2.75, 3.05) is 7.11 Å². The molecule has 21 heavy (non-hydrogen) atoms. The largest absolute Gasteiger partial charge is 0.497 e. The Balaban J connectivity index is 1.87. The first-order valence-electron chi connectivity index (χ1n) is 7.35. The van der Waals surface area contributed by atoms with Gasteiger partial charge in [0.2, 0.25) is 0 Å². The fourth-order valence-electron chi connectivity index (χ4n) is 3.47. The lowest BCUT2D eigenvalue weighted by atomic mass is 9.79. The number of carboxylic acids is 1. The molecule has 0 unspecified atom stereocenters. The van der Waals surface area contributed by atoms with Crippen LogP contribution in [-0.4, -0.2) is 28.2 Å². The number of hydrogen-bond donors (Lipinski definition) is 2. The molecule has 1 aromatic heterocycles. The summed E-state index contributed by atoms with van der Waals surface area (Å²) in [4.78, 5) is 19.1. The Morgan fingerprint density at radius 2 is 2.19 bits per heavy atom. The number of methoxy groups -OCH3 is 1. The fourth-order valence-corrected chi connectivity index (χ4v) is 3.47. The molecular weight excluding hydrogens is 268 g/mol. The second kappa shape index (κ2) is 5.39. The van der Waals surface area contributed by atoms with E-state index in [0.29, 0.717) is 6.42 Å². The van der Waals surface area contributed by atoms with Crippen molar-refractivity contribution in [1.29, 1.82) is 0 Å². The lowest BCUT2D eigenvalue weighted by molar-refractivity contribution is -0.139. The van der Waals surface area contributed by atoms with Gasteiger partial charge < -0.3 is 14.8 Å². The first-order chi connectivity index (χ1) is 10.1. The van der Waals surface area contributed by atoms with Crippen molar-refractivity contribution in [3.63, 3.8) is 0 Å². The number of aromatic amines is 1. The van der Waals surface area contributed by atoms with Gasteiger partial charge >= 0.3 is 5.97 Å². The summed E-state index contributed by atoms with van der Waals surface area (Å²) in [7, 11) is 1.64. The van der Waals surface area contributed by atoms with E-state index in [4.69, 9.17) is 4.74 Å². The van der Waals surface area contributed by atoms with Crippen LogP contribution in [0.1, 0.15) is 37.9 Å². The number of nitrogens with one attached hydrogen (secondary N) is 1. The molecule has 0 aliphatic heterocycles. The van der Waals surface area contributed by atoms with Gasteiger partial charge in [0.15, 0.2) is 0 Å². The number of H-pyrrole nitrogens is 1. The molecule has 0 saturated heterocycles. The van der Waals surface area contributed by atoms with Crippen LogP contribution in [0.3, 0.4) is 0 Å². The molecule has 5 nitrogen and oxygen atoms in total. The molecule has 1 fully saturated rings. The monoisotopic (exact) mass is 288 g/mol. The highest BCUT2D eigenvalue weighted by Gasteiger charge is 2.37. The maximum Gasteiger partial charge on any atom is 0.303 e. The number of fused-ring (bicyclic) bond motifs is 1. The van der Waals surface area contributed by atoms with Gasteiger partial charge in [0, 0.05) is 12.5 Å². The molecule has 5 heteroatoms. The van der Waals surface area contributed by atoms with E-state index in [2.05, 4.69) is 9.97 Å². The van der Waals surface area contributed by atoms with Crippen LogP contribution in [-0.2, 0) is 11.2 Å². The molecule has 2 aromatic rings. The van der Waals surface area contributed by atoms with Crippen LogP contribution in [0.2, 0.25) is 0 Å². The summed E-state index contributed by atoms with van der Waals surface area (Å²) in [5.41, 5.74) is 1.70. The molecule has 112 valence electrons.